The van der Waals surface area contributed by atoms with Crippen molar-refractivity contribution < 1.29 is 0 Å². The summed E-state index contributed by atoms with van der Waals surface area (Å²) in [5.74, 6) is 0. The summed E-state index contributed by atoms with van der Waals surface area (Å²) >= 11 is 0. The Morgan fingerprint density at radius 2 is 1.29 bits per heavy atom. The number of pyridine rings is 1. The minimum atomic E-state index is 0.999. The van der Waals surface area contributed by atoms with E-state index in [2.05, 4.69) is 60.7 Å². The number of hydrogen-bond acceptors (Lipinski definition) is 1. The van der Waals surface area contributed by atoms with E-state index in [1.165, 1.54) is 5.56 Å². The van der Waals surface area contributed by atoms with Crippen LogP contribution in [0.5, 0.6) is 0 Å². The van der Waals surface area contributed by atoms with E-state index in [4.69, 9.17) is 5.10 Å². The van der Waals surface area contributed by atoms with Crippen molar-refractivity contribution in [1.82, 2.24) is 9.61 Å². The highest BCUT2D eigenvalue weighted by atomic mass is 15.2. The lowest BCUT2D eigenvalue weighted by Gasteiger charge is -2.04. The smallest absolute Gasteiger partial charge is 0.0933 e. The summed E-state index contributed by atoms with van der Waals surface area (Å²) in [6.45, 7) is 0. The molecule has 0 aliphatic rings. The molecular weight excluding hydrogens is 256 g/mol. The Morgan fingerprint density at radius 3 is 2.00 bits per heavy atom. The molecule has 2 aromatic carbocycles. The normalized spacial score (nSPS) is 10.9. The standard InChI is InChI=1S/C19H14N2/c1-3-8-15(9-4-1)18-14-17-12-7-13-19(21(17)20-18)16-10-5-2-6-11-16/h1-14H. The fourth-order valence-electron chi connectivity index (χ4n) is 2.59. The van der Waals surface area contributed by atoms with Crippen LogP contribution in [0.1, 0.15) is 0 Å². The van der Waals surface area contributed by atoms with Crippen molar-refractivity contribution in [2.24, 2.45) is 0 Å². The van der Waals surface area contributed by atoms with Crippen molar-refractivity contribution in [3.05, 3.63) is 84.9 Å². The third-order valence-corrected chi connectivity index (χ3v) is 3.63. The number of aromatic nitrogens is 2. The van der Waals surface area contributed by atoms with Crippen LogP contribution >= 0.6 is 0 Å². The minimum Gasteiger partial charge on any atom is -0.232 e. The minimum absolute atomic E-state index is 0.999. The molecular formula is C19H14N2. The molecule has 0 spiro atoms. The molecule has 100 valence electrons. The molecule has 0 aliphatic heterocycles. The van der Waals surface area contributed by atoms with Crippen LogP contribution in [0, 0.1) is 0 Å². The van der Waals surface area contributed by atoms with Crippen molar-refractivity contribution in [3.8, 4) is 22.5 Å². The van der Waals surface area contributed by atoms with Gasteiger partial charge in [-0.3, -0.25) is 0 Å². The average Bonchev–Trinajstić information content (AvgIpc) is 3.00. The van der Waals surface area contributed by atoms with Crippen molar-refractivity contribution in [3.63, 3.8) is 0 Å². The molecule has 4 aromatic rings. The van der Waals surface area contributed by atoms with E-state index in [9.17, 15) is 0 Å². The van der Waals surface area contributed by atoms with Gasteiger partial charge in [0.2, 0.25) is 0 Å². The van der Waals surface area contributed by atoms with Crippen molar-refractivity contribution >= 4 is 5.52 Å². The van der Waals surface area contributed by atoms with Crippen molar-refractivity contribution in [1.29, 1.82) is 0 Å². The van der Waals surface area contributed by atoms with E-state index in [1.54, 1.807) is 0 Å². The quantitative estimate of drug-likeness (QED) is 0.517. The molecule has 0 fully saturated rings. The zero-order chi connectivity index (χ0) is 14.1. The third kappa shape index (κ3) is 2.11. The van der Waals surface area contributed by atoms with Crippen LogP contribution in [0.2, 0.25) is 0 Å². The molecule has 4 rings (SSSR count). The van der Waals surface area contributed by atoms with Gasteiger partial charge in [0, 0.05) is 11.1 Å². The van der Waals surface area contributed by atoms with E-state index in [0.717, 1.165) is 22.5 Å². The lowest BCUT2D eigenvalue weighted by Crippen LogP contribution is -1.93. The number of benzene rings is 2. The zero-order valence-corrected chi connectivity index (χ0v) is 11.5. The first-order valence-corrected chi connectivity index (χ1v) is 7.01. The molecule has 0 saturated carbocycles. The zero-order valence-electron chi connectivity index (χ0n) is 11.5. The Hall–Kier alpha value is -2.87. The largest absolute Gasteiger partial charge is 0.232 e. The molecule has 0 aliphatic carbocycles. The summed E-state index contributed by atoms with van der Waals surface area (Å²) in [6.07, 6.45) is 0. The van der Waals surface area contributed by atoms with E-state index < -0.39 is 0 Å². The Balaban J connectivity index is 1.93. The van der Waals surface area contributed by atoms with Crippen LogP contribution in [0.15, 0.2) is 84.9 Å². The molecule has 0 saturated heterocycles. The summed E-state index contributed by atoms with van der Waals surface area (Å²) in [7, 11) is 0. The number of nitrogens with zero attached hydrogens (tertiary/aromatic N) is 2. The van der Waals surface area contributed by atoms with Crippen LogP contribution in [0.3, 0.4) is 0 Å². The molecule has 0 bridgehead atoms. The Bertz CT molecular complexity index is 877. The molecule has 0 unspecified atom stereocenters. The summed E-state index contributed by atoms with van der Waals surface area (Å²) in [5, 5.41) is 4.78. The van der Waals surface area contributed by atoms with Crippen molar-refractivity contribution in [2.45, 2.75) is 0 Å². The summed E-state index contributed by atoms with van der Waals surface area (Å²) in [6, 6.07) is 29.0. The lowest BCUT2D eigenvalue weighted by atomic mass is 10.1. The second kappa shape index (κ2) is 4.91. The first kappa shape index (κ1) is 11.9. The number of fused-ring (bicyclic) bond motifs is 1. The van der Waals surface area contributed by atoms with Gasteiger partial charge in [0.1, 0.15) is 0 Å². The van der Waals surface area contributed by atoms with E-state index in [0.29, 0.717) is 0 Å². The topological polar surface area (TPSA) is 17.3 Å². The fraction of sp³-hybridized carbons (Fsp3) is 0. The van der Waals surface area contributed by atoms with Gasteiger partial charge in [-0.25, -0.2) is 4.52 Å². The molecule has 2 heteroatoms. The summed E-state index contributed by atoms with van der Waals surface area (Å²) in [5.41, 5.74) is 5.52. The fourth-order valence-corrected chi connectivity index (χ4v) is 2.59. The SMILES string of the molecule is c1ccc(-c2cc3cccc(-c4ccccc4)n3n2)cc1. The lowest BCUT2D eigenvalue weighted by molar-refractivity contribution is 0.974. The molecule has 2 aromatic heterocycles. The van der Waals surface area contributed by atoms with Gasteiger partial charge in [0.25, 0.3) is 0 Å². The molecule has 21 heavy (non-hydrogen) atoms. The Labute approximate surface area is 123 Å². The highest BCUT2D eigenvalue weighted by molar-refractivity contribution is 5.70. The van der Waals surface area contributed by atoms with E-state index >= 15 is 0 Å². The maximum atomic E-state index is 4.78. The number of hydrogen-bond donors (Lipinski definition) is 0. The second-order valence-electron chi connectivity index (χ2n) is 5.01. The molecule has 0 N–H and O–H groups in total. The van der Waals surface area contributed by atoms with Gasteiger partial charge in [-0.2, -0.15) is 5.10 Å². The number of rotatable bonds is 2. The maximum Gasteiger partial charge on any atom is 0.0933 e. The van der Waals surface area contributed by atoms with Gasteiger partial charge in [-0.15, -0.1) is 0 Å². The summed E-state index contributed by atoms with van der Waals surface area (Å²) < 4.78 is 2.01. The predicted molar refractivity (Wildman–Crippen MR) is 86.1 cm³/mol. The van der Waals surface area contributed by atoms with Gasteiger partial charge in [0.05, 0.1) is 16.9 Å². The monoisotopic (exact) mass is 270 g/mol. The molecule has 2 heterocycles. The van der Waals surface area contributed by atoms with Gasteiger partial charge in [0.15, 0.2) is 0 Å². The van der Waals surface area contributed by atoms with Crippen LogP contribution in [-0.4, -0.2) is 9.61 Å². The molecule has 0 radical (unpaired) electrons. The van der Waals surface area contributed by atoms with Crippen LogP contribution in [-0.2, 0) is 0 Å². The van der Waals surface area contributed by atoms with Gasteiger partial charge < -0.3 is 0 Å². The van der Waals surface area contributed by atoms with E-state index in [-0.39, 0.29) is 0 Å². The average molecular weight is 270 g/mol. The highest BCUT2D eigenvalue weighted by Gasteiger charge is 2.08. The van der Waals surface area contributed by atoms with Crippen LogP contribution in [0.4, 0.5) is 0 Å². The Morgan fingerprint density at radius 1 is 0.619 bits per heavy atom. The summed E-state index contributed by atoms with van der Waals surface area (Å²) in [4.78, 5) is 0. The Kier molecular flexibility index (Phi) is 2.79. The van der Waals surface area contributed by atoms with Crippen LogP contribution in [0.25, 0.3) is 28.0 Å². The van der Waals surface area contributed by atoms with Gasteiger partial charge in [-0.05, 0) is 18.2 Å². The van der Waals surface area contributed by atoms with E-state index in [1.807, 2.05) is 28.8 Å². The molecule has 0 amide bonds. The first-order chi connectivity index (χ1) is 10.4. The first-order valence-electron chi connectivity index (χ1n) is 7.01. The van der Waals surface area contributed by atoms with Crippen LogP contribution < -0.4 is 0 Å². The van der Waals surface area contributed by atoms with Gasteiger partial charge in [-0.1, -0.05) is 66.7 Å². The van der Waals surface area contributed by atoms with Gasteiger partial charge >= 0.3 is 0 Å². The highest BCUT2D eigenvalue weighted by Crippen LogP contribution is 2.24. The molecule has 2 nitrogen and oxygen atoms in total. The third-order valence-electron chi connectivity index (χ3n) is 3.63. The predicted octanol–water partition coefficient (Wildman–Crippen LogP) is 4.67. The van der Waals surface area contributed by atoms with Crippen molar-refractivity contribution in [2.75, 3.05) is 0 Å². The molecule has 0 atom stereocenters. The maximum absolute atomic E-state index is 4.78. The second-order valence-corrected chi connectivity index (χ2v) is 5.01.